The van der Waals surface area contributed by atoms with E-state index in [9.17, 15) is 9.59 Å². The predicted molar refractivity (Wildman–Crippen MR) is 111 cm³/mol. The van der Waals surface area contributed by atoms with Crippen molar-refractivity contribution in [2.75, 3.05) is 12.4 Å². The topological polar surface area (TPSA) is 93.9 Å². The summed E-state index contributed by atoms with van der Waals surface area (Å²) in [5.41, 5.74) is 2.93. The second-order valence-electron chi connectivity index (χ2n) is 7.89. The highest BCUT2D eigenvalue weighted by Crippen LogP contribution is 2.36. The molecule has 1 saturated carbocycles. The van der Waals surface area contributed by atoms with Gasteiger partial charge in [-0.05, 0) is 43.7 Å². The molecule has 2 aromatic heterocycles. The molecule has 2 heterocycles. The van der Waals surface area contributed by atoms with E-state index in [0.29, 0.717) is 17.8 Å². The number of aromatic nitrogens is 4. The van der Waals surface area contributed by atoms with Crippen LogP contribution in [-0.2, 0) is 18.4 Å². The number of methoxy groups -OCH3 is 1. The highest BCUT2D eigenvalue weighted by molar-refractivity contribution is 5.86. The van der Waals surface area contributed by atoms with E-state index >= 15 is 0 Å². The number of rotatable bonds is 5. The number of aryl methyl sites for hydroxylation is 1. The van der Waals surface area contributed by atoms with E-state index < -0.39 is 0 Å². The van der Waals surface area contributed by atoms with Crippen molar-refractivity contribution < 1.29 is 9.53 Å². The van der Waals surface area contributed by atoms with E-state index in [2.05, 4.69) is 15.3 Å². The standard InChI is InChI=1S/C21H27N5O3/c1-13(27)23-20-22-11-17(24-20)15-6-4-14(5-7-15)12-26-19-10-16(29-3)8-9-18(19)25(2)21(26)28/h8-11,14-15H,4-7,12H2,1-3H3,(H2,22,23,24,27). The molecular formula is C21H27N5O3. The summed E-state index contributed by atoms with van der Waals surface area (Å²) in [6.07, 6.45) is 5.99. The Kier molecular flexibility index (Phi) is 5.17. The minimum Gasteiger partial charge on any atom is -0.497 e. The van der Waals surface area contributed by atoms with Crippen LogP contribution in [0.1, 0.15) is 44.2 Å². The van der Waals surface area contributed by atoms with E-state index in [-0.39, 0.29) is 11.6 Å². The number of fused-ring (bicyclic) bond motifs is 1. The molecule has 1 aromatic carbocycles. The zero-order valence-corrected chi connectivity index (χ0v) is 17.1. The van der Waals surface area contributed by atoms with Gasteiger partial charge in [0.1, 0.15) is 5.75 Å². The predicted octanol–water partition coefficient (Wildman–Crippen LogP) is 3.00. The largest absolute Gasteiger partial charge is 0.497 e. The molecule has 3 aromatic rings. The summed E-state index contributed by atoms with van der Waals surface area (Å²) < 4.78 is 8.93. The van der Waals surface area contributed by atoms with Gasteiger partial charge in [-0.15, -0.1) is 0 Å². The molecule has 154 valence electrons. The monoisotopic (exact) mass is 397 g/mol. The summed E-state index contributed by atoms with van der Waals surface area (Å²) in [7, 11) is 3.45. The fourth-order valence-corrected chi connectivity index (χ4v) is 4.38. The summed E-state index contributed by atoms with van der Waals surface area (Å²) >= 11 is 0. The Morgan fingerprint density at radius 1 is 1.28 bits per heavy atom. The van der Waals surface area contributed by atoms with Crippen molar-refractivity contribution in [1.82, 2.24) is 19.1 Å². The van der Waals surface area contributed by atoms with Crippen molar-refractivity contribution in [3.63, 3.8) is 0 Å². The molecule has 2 N–H and O–H groups in total. The third-order valence-corrected chi connectivity index (χ3v) is 5.97. The number of imidazole rings is 2. The van der Waals surface area contributed by atoms with Crippen LogP contribution in [0.5, 0.6) is 5.75 Å². The molecule has 29 heavy (non-hydrogen) atoms. The molecule has 0 spiro atoms. The lowest BCUT2D eigenvalue weighted by molar-refractivity contribution is -0.114. The minimum absolute atomic E-state index is 0.0175. The molecule has 1 aliphatic carbocycles. The number of anilines is 1. The second-order valence-corrected chi connectivity index (χ2v) is 7.89. The number of nitrogens with zero attached hydrogens (tertiary/aromatic N) is 3. The highest BCUT2D eigenvalue weighted by Gasteiger charge is 2.25. The van der Waals surface area contributed by atoms with Crippen LogP contribution in [0.4, 0.5) is 5.95 Å². The van der Waals surface area contributed by atoms with Crippen LogP contribution < -0.4 is 15.7 Å². The van der Waals surface area contributed by atoms with Gasteiger partial charge in [-0.25, -0.2) is 9.78 Å². The fraction of sp³-hybridized carbons (Fsp3) is 0.476. The van der Waals surface area contributed by atoms with E-state index in [1.165, 1.54) is 6.92 Å². The Morgan fingerprint density at radius 2 is 2.03 bits per heavy atom. The lowest BCUT2D eigenvalue weighted by atomic mass is 9.80. The molecule has 0 aliphatic heterocycles. The molecule has 1 fully saturated rings. The van der Waals surface area contributed by atoms with Gasteiger partial charge >= 0.3 is 5.69 Å². The number of carbonyl (C=O) groups excluding carboxylic acids is 1. The molecule has 0 saturated heterocycles. The average molecular weight is 397 g/mol. The van der Waals surface area contributed by atoms with Gasteiger partial charge in [-0.2, -0.15) is 0 Å². The van der Waals surface area contributed by atoms with Gasteiger partial charge in [-0.3, -0.25) is 19.2 Å². The van der Waals surface area contributed by atoms with Gasteiger partial charge < -0.3 is 9.72 Å². The number of aromatic amines is 1. The average Bonchev–Trinajstić information content (AvgIpc) is 3.26. The lowest BCUT2D eigenvalue weighted by Crippen LogP contribution is -2.27. The molecule has 1 aliphatic rings. The maximum absolute atomic E-state index is 12.8. The number of benzene rings is 1. The number of hydrogen-bond acceptors (Lipinski definition) is 4. The molecule has 0 unspecified atom stereocenters. The van der Waals surface area contributed by atoms with Crippen LogP contribution in [0.25, 0.3) is 11.0 Å². The summed E-state index contributed by atoms with van der Waals surface area (Å²) in [4.78, 5) is 31.4. The van der Waals surface area contributed by atoms with E-state index in [0.717, 1.165) is 54.7 Å². The normalized spacial score (nSPS) is 19.4. The number of nitrogens with one attached hydrogen (secondary N) is 2. The van der Waals surface area contributed by atoms with E-state index in [1.54, 1.807) is 11.7 Å². The number of ether oxygens (including phenoxy) is 1. The zero-order valence-electron chi connectivity index (χ0n) is 17.1. The Balaban J connectivity index is 1.46. The van der Waals surface area contributed by atoms with Gasteiger partial charge in [0.2, 0.25) is 11.9 Å². The fourth-order valence-electron chi connectivity index (χ4n) is 4.38. The Hall–Kier alpha value is -3.03. The van der Waals surface area contributed by atoms with Crippen LogP contribution >= 0.6 is 0 Å². The first-order valence-electron chi connectivity index (χ1n) is 10.0. The summed E-state index contributed by atoms with van der Waals surface area (Å²) in [5.74, 6) is 2.00. The molecule has 8 heteroatoms. The smallest absolute Gasteiger partial charge is 0.328 e. The van der Waals surface area contributed by atoms with Gasteiger partial charge in [0.25, 0.3) is 0 Å². The van der Waals surface area contributed by atoms with Crippen LogP contribution in [0.3, 0.4) is 0 Å². The molecule has 0 radical (unpaired) electrons. The zero-order chi connectivity index (χ0) is 20.5. The van der Waals surface area contributed by atoms with Crippen molar-refractivity contribution in [1.29, 1.82) is 0 Å². The van der Waals surface area contributed by atoms with Crippen LogP contribution in [0, 0.1) is 5.92 Å². The number of H-pyrrole nitrogens is 1. The Morgan fingerprint density at radius 3 is 2.72 bits per heavy atom. The molecule has 1 amide bonds. The third-order valence-electron chi connectivity index (χ3n) is 5.97. The third kappa shape index (κ3) is 3.79. The van der Waals surface area contributed by atoms with Gasteiger partial charge in [0, 0.05) is 38.2 Å². The van der Waals surface area contributed by atoms with E-state index in [1.807, 2.05) is 36.0 Å². The van der Waals surface area contributed by atoms with Crippen molar-refractivity contribution in [2.45, 2.75) is 45.1 Å². The van der Waals surface area contributed by atoms with Crippen molar-refractivity contribution >= 4 is 22.9 Å². The van der Waals surface area contributed by atoms with Gasteiger partial charge in [0.05, 0.1) is 24.3 Å². The van der Waals surface area contributed by atoms with Crippen molar-refractivity contribution in [2.24, 2.45) is 13.0 Å². The first-order chi connectivity index (χ1) is 14.0. The van der Waals surface area contributed by atoms with Crippen LogP contribution in [0.15, 0.2) is 29.2 Å². The summed E-state index contributed by atoms with van der Waals surface area (Å²) in [5, 5.41) is 2.68. The summed E-state index contributed by atoms with van der Waals surface area (Å²) in [6.45, 7) is 2.19. The lowest BCUT2D eigenvalue weighted by Gasteiger charge is -2.28. The van der Waals surface area contributed by atoms with Crippen LogP contribution in [0.2, 0.25) is 0 Å². The van der Waals surface area contributed by atoms with Crippen LogP contribution in [-0.4, -0.2) is 32.1 Å². The van der Waals surface area contributed by atoms with E-state index in [4.69, 9.17) is 4.74 Å². The maximum Gasteiger partial charge on any atom is 0.328 e. The highest BCUT2D eigenvalue weighted by atomic mass is 16.5. The molecule has 4 rings (SSSR count). The molecule has 8 nitrogen and oxygen atoms in total. The van der Waals surface area contributed by atoms with Crippen molar-refractivity contribution in [3.8, 4) is 5.75 Å². The number of amides is 1. The van der Waals surface area contributed by atoms with Gasteiger partial charge in [-0.1, -0.05) is 0 Å². The number of hydrogen-bond donors (Lipinski definition) is 2. The first-order valence-corrected chi connectivity index (χ1v) is 10.0. The Labute approximate surface area is 168 Å². The first kappa shape index (κ1) is 19.3. The molecule has 0 atom stereocenters. The maximum atomic E-state index is 12.8. The van der Waals surface area contributed by atoms with Crippen molar-refractivity contribution in [3.05, 3.63) is 40.6 Å². The molecule has 0 bridgehead atoms. The number of carbonyl (C=O) groups is 1. The van der Waals surface area contributed by atoms with Gasteiger partial charge in [0.15, 0.2) is 0 Å². The minimum atomic E-state index is -0.133. The SMILES string of the molecule is COc1ccc2c(c1)n(CC1CCC(c3cnc(NC(C)=O)[nH]3)CC1)c(=O)n2C. The molecular weight excluding hydrogens is 370 g/mol. The Bertz CT molecular complexity index is 1090. The second kappa shape index (κ2) is 7.77. The summed E-state index contributed by atoms with van der Waals surface area (Å²) in [6, 6.07) is 5.77. The quantitative estimate of drug-likeness (QED) is 0.692.